The van der Waals surface area contributed by atoms with Crippen LogP contribution in [0.2, 0.25) is 32.7 Å². The van der Waals surface area contributed by atoms with E-state index in [-0.39, 0.29) is 32.7 Å². The molecule has 0 saturated carbocycles. The van der Waals surface area contributed by atoms with E-state index in [4.69, 9.17) is 9.72 Å². The van der Waals surface area contributed by atoms with Crippen LogP contribution < -0.4 is 0 Å². The van der Waals surface area contributed by atoms with Gasteiger partial charge in [0.05, 0.1) is 0 Å². The molecule has 1 aliphatic rings. The van der Waals surface area contributed by atoms with Gasteiger partial charge < -0.3 is 21.2 Å². The van der Waals surface area contributed by atoms with Crippen molar-refractivity contribution in [2.45, 2.75) is 79.3 Å². The van der Waals surface area contributed by atoms with Crippen LogP contribution in [0.3, 0.4) is 0 Å². The molecule has 1 aromatic rings. The average molecular weight is 527 g/mol. The van der Waals surface area contributed by atoms with Crippen LogP contribution in [0, 0.1) is 34.2 Å². The van der Waals surface area contributed by atoms with Gasteiger partial charge in [-0.2, -0.15) is 27.8 Å². The molecule has 0 amide bonds. The van der Waals surface area contributed by atoms with Crippen LogP contribution in [-0.2, 0) is 43.5 Å². The van der Waals surface area contributed by atoms with E-state index < -0.39 is 16.3 Å². The third-order valence-electron chi connectivity index (χ3n) is 5.12. The third-order valence-corrected chi connectivity index (χ3v) is 7.42. The molecule has 1 aromatic carbocycles. The van der Waals surface area contributed by atoms with Gasteiger partial charge in [0.2, 0.25) is 0 Å². The SMILES string of the molecule is C1CCOC1.Cc1c(C)c(C)[c-](C[Si](C)(C)[N-]CCN(C)C)c1C.[CH2-][Si](C)(C)C.[Y]. The van der Waals surface area contributed by atoms with Crippen molar-refractivity contribution in [1.29, 1.82) is 0 Å². The third kappa shape index (κ3) is 15.6. The van der Waals surface area contributed by atoms with E-state index in [1.165, 1.54) is 41.1 Å². The maximum Gasteiger partial charge on any atom is 0.0466 e. The first-order chi connectivity index (χ1) is 13.2. The van der Waals surface area contributed by atoms with Crippen molar-refractivity contribution < 1.29 is 37.4 Å². The fourth-order valence-corrected chi connectivity index (χ4v) is 5.33. The van der Waals surface area contributed by atoms with E-state index in [0.29, 0.717) is 0 Å². The molecule has 0 spiro atoms. The van der Waals surface area contributed by atoms with Gasteiger partial charge in [0, 0.05) is 45.9 Å². The van der Waals surface area contributed by atoms with Crippen molar-refractivity contribution in [2.75, 3.05) is 40.4 Å². The maximum absolute atomic E-state index is 5.01. The molecule has 0 unspecified atom stereocenters. The zero-order chi connectivity index (χ0) is 22.8. The Balaban J connectivity index is 0. The summed E-state index contributed by atoms with van der Waals surface area (Å²) in [6.07, 6.45) is 2.56. The molecular weight excluding hydrogens is 477 g/mol. The molecular formula is C24H49N2OSi2Y-3. The molecule has 1 heterocycles. The number of likely N-dealkylation sites (N-methyl/N-ethyl adjacent to an activating group) is 1. The summed E-state index contributed by atoms with van der Waals surface area (Å²) in [6.45, 7) is 28.4. The standard InChI is InChI=1S/C16H30N2Si.C4H8O.C4H11Si.Y/c1-12-13(2)15(4)16(14(12)3)11-19(7,8)17-9-10-18(5)6;1-2-4-5-3-1;1-5(2,3)4;/h9-11H2,1-8H3;1-4H2;1H2,2-4H3;/q-2;;-1;. The van der Waals surface area contributed by atoms with Gasteiger partial charge in [0.1, 0.15) is 0 Å². The summed E-state index contributed by atoms with van der Waals surface area (Å²) >= 11 is 0. The van der Waals surface area contributed by atoms with Gasteiger partial charge in [-0.1, -0.05) is 74.7 Å². The van der Waals surface area contributed by atoms with Gasteiger partial charge in [-0.25, -0.2) is 0 Å². The number of hydrogen-bond donors (Lipinski definition) is 0. The Morgan fingerprint density at radius 3 is 1.63 bits per heavy atom. The first-order valence-electron chi connectivity index (χ1n) is 11.1. The maximum atomic E-state index is 5.01. The summed E-state index contributed by atoms with van der Waals surface area (Å²) in [5.74, 6) is 0. The van der Waals surface area contributed by atoms with E-state index >= 15 is 0 Å². The molecule has 0 bridgehead atoms. The van der Waals surface area contributed by atoms with Crippen LogP contribution in [0.5, 0.6) is 0 Å². The minimum absolute atomic E-state index is 0. The quantitative estimate of drug-likeness (QED) is 0.319. The van der Waals surface area contributed by atoms with Gasteiger partial charge in [0.25, 0.3) is 0 Å². The number of rotatable bonds is 6. The molecule has 0 N–H and O–H groups in total. The topological polar surface area (TPSA) is 26.6 Å². The summed E-state index contributed by atoms with van der Waals surface area (Å²) in [5.41, 5.74) is 7.52. The predicted octanol–water partition coefficient (Wildman–Crippen LogP) is 6.35. The molecule has 0 aromatic heterocycles. The zero-order valence-corrected chi connectivity index (χ0v) is 26.9. The van der Waals surface area contributed by atoms with E-state index in [1.54, 1.807) is 5.56 Å². The van der Waals surface area contributed by atoms with Crippen molar-refractivity contribution in [3.8, 4) is 0 Å². The summed E-state index contributed by atoms with van der Waals surface area (Å²) in [5, 5.41) is 0. The van der Waals surface area contributed by atoms with Gasteiger partial charge in [-0.15, -0.1) is 14.6 Å². The molecule has 2 rings (SSSR count). The van der Waals surface area contributed by atoms with Crippen LogP contribution in [0.4, 0.5) is 0 Å². The van der Waals surface area contributed by atoms with Crippen LogP contribution in [0.1, 0.15) is 40.7 Å². The van der Waals surface area contributed by atoms with Gasteiger partial charge in [-0.3, -0.25) is 0 Å². The normalized spacial score (nSPS) is 13.9. The van der Waals surface area contributed by atoms with E-state index in [0.717, 1.165) is 26.3 Å². The summed E-state index contributed by atoms with van der Waals surface area (Å²) in [6, 6.07) is 1.19. The molecule has 3 nitrogen and oxygen atoms in total. The van der Waals surface area contributed by atoms with E-state index in [2.05, 4.69) is 86.0 Å². The van der Waals surface area contributed by atoms with Crippen molar-refractivity contribution in [3.63, 3.8) is 0 Å². The Hall–Kier alpha value is 0.768. The Bertz CT molecular complexity index is 550. The van der Waals surface area contributed by atoms with Crippen molar-refractivity contribution in [1.82, 2.24) is 4.90 Å². The van der Waals surface area contributed by atoms with Crippen LogP contribution in [-0.4, -0.2) is 61.6 Å². The van der Waals surface area contributed by atoms with Crippen molar-refractivity contribution in [2.24, 2.45) is 0 Å². The second-order valence-electron chi connectivity index (χ2n) is 10.5. The number of ether oxygens (including phenoxy) is 1. The number of nitrogens with zero attached hydrogens (tertiary/aromatic N) is 2. The summed E-state index contributed by atoms with van der Waals surface area (Å²) in [7, 11) is 1.88. The zero-order valence-electron chi connectivity index (χ0n) is 22.0. The van der Waals surface area contributed by atoms with Crippen molar-refractivity contribution in [3.05, 3.63) is 39.3 Å². The minimum atomic E-state index is -1.49. The van der Waals surface area contributed by atoms with Crippen LogP contribution >= 0.6 is 0 Å². The van der Waals surface area contributed by atoms with Crippen LogP contribution in [0.25, 0.3) is 4.98 Å². The minimum Gasteiger partial charge on any atom is -0.664 e. The van der Waals surface area contributed by atoms with Crippen LogP contribution in [0.15, 0.2) is 0 Å². The fraction of sp³-hybridized carbons (Fsp3) is 0.750. The Morgan fingerprint density at radius 1 is 0.933 bits per heavy atom. The summed E-state index contributed by atoms with van der Waals surface area (Å²) in [4.78, 5) is 7.22. The van der Waals surface area contributed by atoms with E-state index in [1.807, 2.05) is 0 Å². The van der Waals surface area contributed by atoms with E-state index in [9.17, 15) is 0 Å². The summed E-state index contributed by atoms with van der Waals surface area (Å²) < 4.78 is 4.94. The predicted molar refractivity (Wildman–Crippen MR) is 138 cm³/mol. The van der Waals surface area contributed by atoms with Gasteiger partial charge in [-0.05, 0) is 33.5 Å². The molecule has 1 aliphatic heterocycles. The second kappa shape index (κ2) is 15.6. The van der Waals surface area contributed by atoms with Gasteiger partial charge in [0.15, 0.2) is 0 Å². The largest absolute Gasteiger partial charge is 0.664 e. The molecule has 175 valence electrons. The van der Waals surface area contributed by atoms with Crippen molar-refractivity contribution >= 4 is 16.3 Å². The molecule has 1 radical (unpaired) electrons. The first-order valence-corrected chi connectivity index (χ1v) is 18.0. The molecule has 1 saturated heterocycles. The Kier molecular flexibility index (Phi) is 17.1. The molecule has 1 fully saturated rings. The second-order valence-corrected chi connectivity index (χ2v) is 19.9. The molecule has 0 aliphatic carbocycles. The number of hydrogen-bond acceptors (Lipinski definition) is 2. The fourth-order valence-electron chi connectivity index (χ4n) is 3.11. The van der Waals surface area contributed by atoms with Gasteiger partial charge >= 0.3 is 0 Å². The smallest absolute Gasteiger partial charge is 0.0466 e. The monoisotopic (exact) mass is 526 g/mol. The Morgan fingerprint density at radius 2 is 1.33 bits per heavy atom. The Labute approximate surface area is 216 Å². The first kappa shape index (κ1) is 32.9. The molecule has 30 heavy (non-hydrogen) atoms. The molecule has 0 atom stereocenters. The molecule has 6 heteroatoms. The average Bonchev–Trinajstić information content (AvgIpc) is 3.19.